The second kappa shape index (κ2) is 13.2. The lowest BCUT2D eigenvalue weighted by atomic mass is 9.95. The molecule has 38 heavy (non-hydrogen) atoms. The molecule has 1 aliphatic heterocycles. The first kappa shape index (κ1) is 30.2. The van der Waals surface area contributed by atoms with Gasteiger partial charge in [0.1, 0.15) is 29.9 Å². The molecule has 0 bridgehead atoms. The van der Waals surface area contributed by atoms with Gasteiger partial charge in [0.05, 0.1) is 31.8 Å². The van der Waals surface area contributed by atoms with Gasteiger partial charge in [0.2, 0.25) is 0 Å². The Kier molecular flexibility index (Phi) is 10.5. The summed E-state index contributed by atoms with van der Waals surface area (Å²) in [6, 6.07) is 9.29. The van der Waals surface area contributed by atoms with Crippen LogP contribution in [0.4, 0.5) is 5.82 Å². The van der Waals surface area contributed by atoms with Gasteiger partial charge in [0.25, 0.3) is 0 Å². The zero-order valence-electron chi connectivity index (χ0n) is 20.4. The van der Waals surface area contributed by atoms with E-state index in [4.69, 9.17) is 24.0 Å². The molecule has 2 aromatic rings. The largest absolute Gasteiger partial charge is 0.530 e. The molecule has 16 heteroatoms. The van der Waals surface area contributed by atoms with Gasteiger partial charge >= 0.3 is 13.5 Å². The highest BCUT2D eigenvalue weighted by Gasteiger charge is 2.45. The minimum absolute atomic E-state index is 0.00365. The molecular weight excluding hydrogens is 545 g/mol. The molecule has 0 aliphatic carbocycles. The van der Waals surface area contributed by atoms with E-state index in [-0.39, 0.29) is 23.9 Å². The molecule has 1 aromatic heterocycles. The zero-order valence-corrected chi connectivity index (χ0v) is 22.1. The molecule has 14 nitrogen and oxygen atoms in total. The normalized spacial score (nSPS) is 23.2. The Bertz CT molecular complexity index is 1180. The van der Waals surface area contributed by atoms with Crippen LogP contribution in [0.5, 0.6) is 5.75 Å². The van der Waals surface area contributed by atoms with Gasteiger partial charge in [-0.15, -0.1) is 0 Å². The van der Waals surface area contributed by atoms with Gasteiger partial charge in [0.15, 0.2) is 11.3 Å². The molecule has 210 valence electrons. The fourth-order valence-electron chi connectivity index (χ4n) is 3.22. The van der Waals surface area contributed by atoms with Crippen molar-refractivity contribution in [1.82, 2.24) is 9.55 Å². The number of hydrogen-bond donors (Lipinski definition) is 5. The van der Waals surface area contributed by atoms with E-state index >= 15 is 0 Å². The highest BCUT2D eigenvalue weighted by atomic mass is 32.2. The molecule has 5 atom stereocenters. The van der Waals surface area contributed by atoms with E-state index < -0.39 is 68.4 Å². The van der Waals surface area contributed by atoms with Crippen LogP contribution in [0.25, 0.3) is 0 Å². The molecule has 0 saturated carbocycles. The predicted octanol–water partition coefficient (Wildman–Crippen LogP) is -0.0843. The Morgan fingerprint density at radius 2 is 1.87 bits per heavy atom. The number of anilines is 1. The molecule has 6 N–H and O–H groups in total. The third-order valence-electron chi connectivity index (χ3n) is 5.58. The third kappa shape index (κ3) is 7.40. The number of aliphatic hydroxyl groups is 4. The van der Waals surface area contributed by atoms with E-state index in [0.29, 0.717) is 0 Å². The van der Waals surface area contributed by atoms with Gasteiger partial charge in [-0.05, 0) is 25.1 Å². The van der Waals surface area contributed by atoms with Crippen LogP contribution in [-0.2, 0) is 23.1 Å². The summed E-state index contributed by atoms with van der Waals surface area (Å²) in [5, 5.41) is 39.1. The van der Waals surface area contributed by atoms with E-state index in [1.54, 1.807) is 18.2 Å². The second-order valence-electron chi connectivity index (χ2n) is 8.58. The maximum atomic E-state index is 13.4. The Labute approximate surface area is 221 Å². The number of aromatic nitrogens is 2. The number of carbonyl (C=O) groups is 1. The number of benzene rings is 1. The van der Waals surface area contributed by atoms with Crippen molar-refractivity contribution in [2.45, 2.75) is 31.5 Å². The van der Waals surface area contributed by atoms with E-state index in [2.05, 4.69) is 4.98 Å². The number of nitrogen functional groups attached to an aromatic ring is 1. The van der Waals surface area contributed by atoms with Crippen LogP contribution in [0.15, 0.2) is 47.4 Å². The quantitative estimate of drug-likeness (QED) is 0.156. The van der Waals surface area contributed by atoms with Crippen molar-refractivity contribution in [3.63, 3.8) is 0 Å². The molecule has 2 heterocycles. The van der Waals surface area contributed by atoms with Crippen molar-refractivity contribution in [3.05, 3.63) is 53.1 Å². The highest BCUT2D eigenvalue weighted by molar-refractivity contribution is 8.13. The van der Waals surface area contributed by atoms with Crippen LogP contribution in [-0.4, -0.2) is 85.6 Å². The minimum Gasteiger partial charge on any atom is -0.404 e. The van der Waals surface area contributed by atoms with Gasteiger partial charge in [-0.2, -0.15) is 4.98 Å². The van der Waals surface area contributed by atoms with Crippen molar-refractivity contribution in [3.8, 4) is 5.75 Å². The molecule has 1 unspecified atom stereocenters. The highest BCUT2D eigenvalue weighted by Crippen LogP contribution is 2.50. The number of nitrogens with zero attached hydrogens (tertiary/aromatic N) is 2. The summed E-state index contributed by atoms with van der Waals surface area (Å²) in [7, 11) is -4.36. The number of para-hydroxylation sites is 1. The maximum Gasteiger partial charge on any atom is 0.530 e. The summed E-state index contributed by atoms with van der Waals surface area (Å²) in [6.07, 6.45) is -4.38. The van der Waals surface area contributed by atoms with Crippen LogP contribution in [0.3, 0.4) is 0 Å². The monoisotopic (exact) mass is 575 g/mol. The van der Waals surface area contributed by atoms with Crippen LogP contribution in [0.2, 0.25) is 0 Å². The number of nitrogens with two attached hydrogens (primary N) is 1. The Balaban J connectivity index is 1.66. The molecule has 1 fully saturated rings. The molecule has 1 aliphatic rings. The topological polar surface area (TPSA) is 213 Å². The van der Waals surface area contributed by atoms with Crippen LogP contribution in [0, 0.1) is 5.41 Å². The van der Waals surface area contributed by atoms with Crippen LogP contribution in [0.1, 0.15) is 13.2 Å². The third-order valence-corrected chi connectivity index (χ3v) is 8.10. The second-order valence-corrected chi connectivity index (χ2v) is 11.2. The lowest BCUT2D eigenvalue weighted by Crippen LogP contribution is -2.36. The molecular formula is C22H30N3O11PS. The number of rotatable bonds is 13. The number of aliphatic hydroxyl groups excluding tert-OH is 4. The summed E-state index contributed by atoms with van der Waals surface area (Å²) < 4.78 is 36.1. The SMILES string of the molecule is CC(CO)(CO)C(=O)SCCOP(=O)(OC[C@H]1O[C@@H](n2ccc(N)nc2=O)[C@@H](O)[C@@H]1O)Oc1ccccc1. The first-order valence-corrected chi connectivity index (χ1v) is 13.9. The zero-order chi connectivity index (χ0) is 27.9. The van der Waals surface area contributed by atoms with Gasteiger partial charge in [-0.1, -0.05) is 30.0 Å². The average Bonchev–Trinajstić information content (AvgIpc) is 3.18. The number of ether oxygens (including phenoxy) is 1. The first-order valence-electron chi connectivity index (χ1n) is 11.4. The number of carbonyl (C=O) groups excluding carboxylic acids is 1. The minimum atomic E-state index is -4.36. The summed E-state index contributed by atoms with van der Waals surface area (Å²) in [5.74, 6) is 0.113. The fraction of sp³-hybridized carbons (Fsp3) is 0.500. The van der Waals surface area contributed by atoms with Crippen molar-refractivity contribution < 1.29 is 48.1 Å². The van der Waals surface area contributed by atoms with E-state index in [1.807, 2.05) is 0 Å². The summed E-state index contributed by atoms with van der Waals surface area (Å²) >= 11 is 0.763. The van der Waals surface area contributed by atoms with E-state index in [0.717, 1.165) is 16.3 Å². The number of thioether (sulfide) groups is 1. The van der Waals surface area contributed by atoms with Crippen molar-refractivity contribution in [2.24, 2.45) is 5.41 Å². The van der Waals surface area contributed by atoms with Crippen molar-refractivity contribution in [1.29, 1.82) is 0 Å². The number of phosphoric ester groups is 1. The molecule has 3 rings (SSSR count). The average molecular weight is 576 g/mol. The van der Waals surface area contributed by atoms with E-state index in [9.17, 15) is 34.6 Å². The van der Waals surface area contributed by atoms with Gasteiger partial charge < -0.3 is 35.4 Å². The maximum absolute atomic E-state index is 13.4. The first-order chi connectivity index (χ1) is 18.0. The van der Waals surface area contributed by atoms with Gasteiger partial charge in [-0.25, -0.2) is 9.36 Å². The van der Waals surface area contributed by atoms with Gasteiger partial charge in [0, 0.05) is 11.9 Å². The van der Waals surface area contributed by atoms with Crippen molar-refractivity contribution >= 4 is 30.5 Å². The van der Waals surface area contributed by atoms with Crippen LogP contribution >= 0.6 is 19.6 Å². The lowest BCUT2D eigenvalue weighted by Gasteiger charge is -2.23. The molecule has 0 spiro atoms. The Morgan fingerprint density at radius 3 is 2.50 bits per heavy atom. The predicted molar refractivity (Wildman–Crippen MR) is 135 cm³/mol. The fourth-order valence-corrected chi connectivity index (χ4v) is 5.38. The summed E-state index contributed by atoms with van der Waals surface area (Å²) in [4.78, 5) is 27.9. The van der Waals surface area contributed by atoms with E-state index in [1.165, 1.54) is 31.3 Å². The Morgan fingerprint density at radius 1 is 1.18 bits per heavy atom. The lowest BCUT2D eigenvalue weighted by molar-refractivity contribution is -0.123. The standard InChI is InChI=1S/C22H30N3O11PS/c1-22(12-26,13-27)20(30)38-10-9-33-37(32,36-14-5-3-2-4-6-14)34-11-15-17(28)18(29)19(35-15)25-8-7-16(23)24-21(25)31/h2-8,15,17-19,26-29H,9-13H2,1H3,(H2,23,24,31)/t15-,17-,18+,19-,37?/m1/s1. The van der Waals surface area contributed by atoms with Gasteiger partial charge in [-0.3, -0.25) is 18.4 Å². The number of phosphoric acid groups is 1. The van der Waals surface area contributed by atoms with Crippen LogP contribution < -0.4 is 15.9 Å². The molecule has 0 amide bonds. The molecule has 1 aromatic carbocycles. The van der Waals surface area contributed by atoms with Crippen molar-refractivity contribution in [2.75, 3.05) is 37.9 Å². The summed E-state index contributed by atoms with van der Waals surface area (Å²) in [5.41, 5.74) is 3.32. The smallest absolute Gasteiger partial charge is 0.404 e. The molecule has 1 saturated heterocycles. The Hall–Kier alpha value is -2.33. The summed E-state index contributed by atoms with van der Waals surface area (Å²) in [6.45, 7) is -0.540. The number of hydrogen-bond acceptors (Lipinski definition) is 14. The molecule has 0 radical (unpaired) electrons.